The molecule has 1 saturated heterocycles. The highest BCUT2D eigenvalue weighted by molar-refractivity contribution is 5.79. The molecule has 0 aliphatic carbocycles. The highest BCUT2D eigenvalue weighted by Crippen LogP contribution is 2.30. The van der Waals surface area contributed by atoms with Gasteiger partial charge < -0.3 is 14.6 Å². The molecule has 1 amide bonds. The molecule has 0 saturated carbocycles. The first-order valence-electron chi connectivity index (χ1n) is 8.59. The molecule has 26 heavy (non-hydrogen) atoms. The lowest BCUT2D eigenvalue weighted by Gasteiger charge is -2.18. The summed E-state index contributed by atoms with van der Waals surface area (Å²) in [6.07, 6.45) is 5.81. The monoisotopic (exact) mass is 348 g/mol. The maximum absolute atomic E-state index is 12.5. The molecule has 0 bridgehead atoms. The van der Waals surface area contributed by atoms with E-state index in [-0.39, 0.29) is 11.8 Å². The number of benzene rings is 1. The van der Waals surface area contributed by atoms with E-state index in [2.05, 4.69) is 15.0 Å². The molecular weight excluding hydrogens is 328 g/mol. The Balaban J connectivity index is 1.49. The van der Waals surface area contributed by atoms with Crippen LogP contribution >= 0.6 is 0 Å². The lowest BCUT2D eigenvalue weighted by Crippen LogP contribution is -2.24. The molecule has 1 N–H and O–H groups in total. The SMILES string of the molecule is COc1ccccc1CN1C[C@H](c2ncc(-c3cccnc3)[nH]2)CC1=O. The van der Waals surface area contributed by atoms with Gasteiger partial charge >= 0.3 is 0 Å². The van der Waals surface area contributed by atoms with Crippen molar-refractivity contribution in [2.75, 3.05) is 13.7 Å². The Kier molecular flexibility index (Phi) is 4.39. The van der Waals surface area contributed by atoms with Gasteiger partial charge in [0.05, 0.1) is 19.0 Å². The van der Waals surface area contributed by atoms with Crippen LogP contribution in [-0.2, 0) is 11.3 Å². The first kappa shape index (κ1) is 16.3. The van der Waals surface area contributed by atoms with Crippen LogP contribution < -0.4 is 4.74 Å². The molecule has 1 atom stereocenters. The zero-order valence-electron chi connectivity index (χ0n) is 14.6. The van der Waals surface area contributed by atoms with Gasteiger partial charge in [-0.25, -0.2) is 4.98 Å². The minimum atomic E-state index is 0.0719. The van der Waals surface area contributed by atoms with Crippen LogP contribution in [0.2, 0.25) is 0 Å². The fourth-order valence-corrected chi connectivity index (χ4v) is 3.36. The molecule has 132 valence electrons. The second-order valence-electron chi connectivity index (χ2n) is 6.41. The third-order valence-electron chi connectivity index (χ3n) is 4.72. The van der Waals surface area contributed by atoms with Gasteiger partial charge in [0.15, 0.2) is 0 Å². The number of methoxy groups -OCH3 is 1. The molecule has 1 fully saturated rings. The number of H-pyrrole nitrogens is 1. The number of nitrogens with zero attached hydrogens (tertiary/aromatic N) is 3. The predicted octanol–water partition coefficient (Wildman–Crippen LogP) is 3.00. The predicted molar refractivity (Wildman–Crippen MR) is 97.6 cm³/mol. The number of carbonyl (C=O) groups excluding carboxylic acids is 1. The lowest BCUT2D eigenvalue weighted by atomic mass is 10.1. The maximum atomic E-state index is 12.5. The van der Waals surface area contributed by atoms with Crippen molar-refractivity contribution in [3.63, 3.8) is 0 Å². The molecule has 6 heteroatoms. The summed E-state index contributed by atoms with van der Waals surface area (Å²) in [5.74, 6) is 1.86. The number of aromatic nitrogens is 3. The Morgan fingerprint density at radius 2 is 2.12 bits per heavy atom. The van der Waals surface area contributed by atoms with E-state index in [0.29, 0.717) is 19.5 Å². The third kappa shape index (κ3) is 3.18. The number of likely N-dealkylation sites (tertiary alicyclic amines) is 1. The van der Waals surface area contributed by atoms with Gasteiger partial charge in [-0.05, 0) is 18.2 Å². The molecule has 6 nitrogen and oxygen atoms in total. The molecule has 0 radical (unpaired) electrons. The van der Waals surface area contributed by atoms with Crippen LogP contribution in [0.15, 0.2) is 55.0 Å². The zero-order chi connectivity index (χ0) is 17.9. The minimum absolute atomic E-state index is 0.0719. The van der Waals surface area contributed by atoms with Gasteiger partial charge in [-0.3, -0.25) is 9.78 Å². The van der Waals surface area contributed by atoms with E-state index < -0.39 is 0 Å². The molecule has 3 aromatic rings. The molecule has 4 rings (SSSR count). The van der Waals surface area contributed by atoms with Crippen molar-refractivity contribution in [2.24, 2.45) is 0 Å². The molecule has 2 aromatic heterocycles. The van der Waals surface area contributed by atoms with E-state index in [9.17, 15) is 4.79 Å². The van der Waals surface area contributed by atoms with Crippen molar-refractivity contribution in [3.8, 4) is 17.0 Å². The first-order chi connectivity index (χ1) is 12.7. The second-order valence-corrected chi connectivity index (χ2v) is 6.41. The molecule has 3 heterocycles. The van der Waals surface area contributed by atoms with Crippen molar-refractivity contribution in [1.82, 2.24) is 19.9 Å². The smallest absolute Gasteiger partial charge is 0.223 e. The highest BCUT2D eigenvalue weighted by atomic mass is 16.5. The number of hydrogen-bond acceptors (Lipinski definition) is 4. The van der Waals surface area contributed by atoms with E-state index in [1.807, 2.05) is 41.3 Å². The fourth-order valence-electron chi connectivity index (χ4n) is 3.36. The van der Waals surface area contributed by atoms with Gasteiger partial charge in [0.2, 0.25) is 5.91 Å². The van der Waals surface area contributed by atoms with Gasteiger partial charge in [-0.15, -0.1) is 0 Å². The number of para-hydroxylation sites is 1. The van der Waals surface area contributed by atoms with E-state index in [0.717, 1.165) is 28.4 Å². The van der Waals surface area contributed by atoms with Crippen LogP contribution in [0.4, 0.5) is 0 Å². The van der Waals surface area contributed by atoms with Crippen molar-refractivity contribution in [3.05, 3.63) is 66.4 Å². The average Bonchev–Trinajstić information content (AvgIpc) is 3.30. The number of rotatable bonds is 5. The van der Waals surface area contributed by atoms with Crippen LogP contribution in [0.1, 0.15) is 23.7 Å². The largest absolute Gasteiger partial charge is 0.496 e. The van der Waals surface area contributed by atoms with Crippen molar-refractivity contribution < 1.29 is 9.53 Å². The standard InChI is InChI=1S/C20H20N4O2/c1-26-18-7-3-2-5-15(18)12-24-13-16(9-19(24)25)20-22-11-17(23-20)14-6-4-8-21-10-14/h2-8,10-11,16H,9,12-13H2,1H3,(H,22,23)/t16-/m1/s1. The second kappa shape index (κ2) is 7.00. The third-order valence-corrected chi connectivity index (χ3v) is 4.72. The summed E-state index contributed by atoms with van der Waals surface area (Å²) in [5, 5.41) is 0. The van der Waals surface area contributed by atoms with Crippen LogP contribution in [0, 0.1) is 0 Å². The summed E-state index contributed by atoms with van der Waals surface area (Å²) in [6, 6.07) is 11.7. The van der Waals surface area contributed by atoms with Gasteiger partial charge in [0, 0.05) is 48.9 Å². The van der Waals surface area contributed by atoms with Crippen molar-refractivity contribution >= 4 is 5.91 Å². The number of hydrogen-bond donors (Lipinski definition) is 1. The fraction of sp³-hybridized carbons (Fsp3) is 0.250. The highest BCUT2D eigenvalue weighted by Gasteiger charge is 2.32. The summed E-state index contributed by atoms with van der Waals surface area (Å²) >= 11 is 0. The summed E-state index contributed by atoms with van der Waals surface area (Å²) < 4.78 is 5.39. The number of amides is 1. The quantitative estimate of drug-likeness (QED) is 0.769. The van der Waals surface area contributed by atoms with Crippen LogP contribution in [0.5, 0.6) is 5.75 Å². The molecule has 1 aliphatic heterocycles. The van der Waals surface area contributed by atoms with Gasteiger partial charge in [0.25, 0.3) is 0 Å². The molecule has 1 aromatic carbocycles. The normalized spacial score (nSPS) is 16.9. The van der Waals surface area contributed by atoms with E-state index in [1.54, 1.807) is 25.7 Å². The van der Waals surface area contributed by atoms with Gasteiger partial charge in [0.1, 0.15) is 11.6 Å². The summed E-state index contributed by atoms with van der Waals surface area (Å²) in [4.78, 5) is 26.3. The first-order valence-corrected chi connectivity index (χ1v) is 8.59. The molecule has 1 aliphatic rings. The molecule has 0 spiro atoms. The van der Waals surface area contributed by atoms with E-state index in [1.165, 1.54) is 0 Å². The lowest BCUT2D eigenvalue weighted by molar-refractivity contribution is -0.128. The Morgan fingerprint density at radius 3 is 2.92 bits per heavy atom. The number of imidazole rings is 1. The molecule has 0 unspecified atom stereocenters. The van der Waals surface area contributed by atoms with Crippen molar-refractivity contribution in [2.45, 2.75) is 18.9 Å². The van der Waals surface area contributed by atoms with Crippen LogP contribution in [0.3, 0.4) is 0 Å². The van der Waals surface area contributed by atoms with Gasteiger partial charge in [-0.2, -0.15) is 0 Å². The van der Waals surface area contributed by atoms with E-state index in [4.69, 9.17) is 4.74 Å². The number of aromatic amines is 1. The minimum Gasteiger partial charge on any atom is -0.496 e. The Bertz CT molecular complexity index is 907. The Labute approximate surface area is 151 Å². The Morgan fingerprint density at radius 1 is 1.23 bits per heavy atom. The average molecular weight is 348 g/mol. The van der Waals surface area contributed by atoms with Gasteiger partial charge in [-0.1, -0.05) is 18.2 Å². The number of nitrogens with one attached hydrogen (secondary N) is 1. The summed E-state index contributed by atoms with van der Waals surface area (Å²) in [7, 11) is 1.65. The summed E-state index contributed by atoms with van der Waals surface area (Å²) in [6.45, 7) is 1.20. The maximum Gasteiger partial charge on any atom is 0.223 e. The van der Waals surface area contributed by atoms with E-state index >= 15 is 0 Å². The summed E-state index contributed by atoms with van der Waals surface area (Å²) in [5.41, 5.74) is 2.92. The topological polar surface area (TPSA) is 71.1 Å². The number of pyridine rings is 1. The molecular formula is C20H20N4O2. The van der Waals surface area contributed by atoms with Crippen LogP contribution in [-0.4, -0.2) is 39.4 Å². The zero-order valence-corrected chi connectivity index (χ0v) is 14.6. The number of carbonyl (C=O) groups is 1. The Hall–Kier alpha value is -3.15. The van der Waals surface area contributed by atoms with Crippen molar-refractivity contribution in [1.29, 1.82) is 0 Å². The van der Waals surface area contributed by atoms with Crippen LogP contribution in [0.25, 0.3) is 11.3 Å². The number of ether oxygens (including phenoxy) is 1.